The van der Waals surface area contributed by atoms with Crippen LogP contribution in [0.15, 0.2) is 18.2 Å². The molecule has 5 rings (SSSR count). The van der Waals surface area contributed by atoms with Gasteiger partial charge in [0.1, 0.15) is 6.04 Å². The molecule has 3 N–H and O–H groups in total. The van der Waals surface area contributed by atoms with Crippen LogP contribution >= 0.6 is 0 Å². The average molecular weight is 396 g/mol. The van der Waals surface area contributed by atoms with Crippen molar-refractivity contribution >= 4 is 17.7 Å². The molecular weight excluding hydrogens is 368 g/mol. The zero-order valence-corrected chi connectivity index (χ0v) is 16.6. The molecule has 7 heteroatoms. The third-order valence-electron chi connectivity index (χ3n) is 7.27. The van der Waals surface area contributed by atoms with Gasteiger partial charge in [-0.05, 0) is 67.8 Å². The van der Waals surface area contributed by atoms with Gasteiger partial charge < -0.3 is 15.5 Å². The average Bonchev–Trinajstić information content (AvgIpc) is 3.14. The summed E-state index contributed by atoms with van der Waals surface area (Å²) in [6.45, 7) is 4.35. The number of imide groups is 1. The number of hydrogen-bond acceptors (Lipinski definition) is 5. The van der Waals surface area contributed by atoms with Gasteiger partial charge in [-0.3, -0.25) is 19.7 Å². The predicted octanol–water partition coefficient (Wildman–Crippen LogP) is 0.783. The van der Waals surface area contributed by atoms with Crippen molar-refractivity contribution in [3.05, 3.63) is 34.9 Å². The molecule has 154 valence electrons. The largest absolute Gasteiger partial charge is 0.322 e. The van der Waals surface area contributed by atoms with E-state index in [0.29, 0.717) is 19.5 Å². The number of nitrogens with zero attached hydrogens (tertiary/aromatic N) is 1. The second kappa shape index (κ2) is 7.54. The highest BCUT2D eigenvalue weighted by Gasteiger charge is 2.40. The first-order valence-electron chi connectivity index (χ1n) is 10.8. The van der Waals surface area contributed by atoms with E-state index < -0.39 is 6.04 Å². The first kappa shape index (κ1) is 18.8. The van der Waals surface area contributed by atoms with Gasteiger partial charge in [-0.15, -0.1) is 0 Å². The Labute approximate surface area is 170 Å². The van der Waals surface area contributed by atoms with Gasteiger partial charge in [0.2, 0.25) is 11.8 Å². The number of amides is 3. The molecule has 7 nitrogen and oxygen atoms in total. The monoisotopic (exact) mass is 396 g/mol. The molecule has 1 saturated carbocycles. The number of rotatable bonds is 5. The van der Waals surface area contributed by atoms with Gasteiger partial charge >= 0.3 is 0 Å². The molecule has 1 aromatic carbocycles. The second-order valence-corrected chi connectivity index (χ2v) is 8.90. The van der Waals surface area contributed by atoms with E-state index in [1.165, 1.54) is 12.8 Å². The minimum atomic E-state index is -0.557. The lowest BCUT2D eigenvalue weighted by atomic mass is 9.86. The van der Waals surface area contributed by atoms with E-state index in [4.69, 9.17) is 0 Å². The molecular formula is C22H28N4O3. The first-order valence-corrected chi connectivity index (χ1v) is 10.8. The lowest BCUT2D eigenvalue weighted by Gasteiger charge is -2.31. The summed E-state index contributed by atoms with van der Waals surface area (Å²) in [5.74, 6) is 1.56. The van der Waals surface area contributed by atoms with Crippen LogP contribution in [-0.4, -0.2) is 48.3 Å². The van der Waals surface area contributed by atoms with Gasteiger partial charge in [-0.1, -0.05) is 18.2 Å². The lowest BCUT2D eigenvalue weighted by molar-refractivity contribution is -0.136. The summed E-state index contributed by atoms with van der Waals surface area (Å²) < 4.78 is 0. The lowest BCUT2D eigenvalue weighted by Crippen LogP contribution is -2.52. The molecule has 4 aliphatic rings. The number of benzene rings is 1. The number of carbonyl (C=O) groups excluding carboxylic acids is 3. The quantitative estimate of drug-likeness (QED) is 0.640. The normalized spacial score (nSPS) is 31.2. The number of piperidine rings is 2. The van der Waals surface area contributed by atoms with E-state index in [0.717, 1.165) is 54.1 Å². The molecule has 3 atom stereocenters. The fourth-order valence-corrected chi connectivity index (χ4v) is 5.75. The van der Waals surface area contributed by atoms with E-state index >= 15 is 0 Å². The SMILES string of the molecule is O=C1CCC(N2Cc3cccc(CNCC4C5CCC4CNC5)c3C2=O)C(=O)N1. The highest BCUT2D eigenvalue weighted by Crippen LogP contribution is 2.38. The van der Waals surface area contributed by atoms with Crippen molar-refractivity contribution in [2.45, 2.75) is 44.8 Å². The molecule has 0 aromatic heterocycles. The Bertz CT molecular complexity index is 838. The Balaban J connectivity index is 1.26. The van der Waals surface area contributed by atoms with Crippen LogP contribution in [0.4, 0.5) is 0 Å². The summed E-state index contributed by atoms with van der Waals surface area (Å²) in [6, 6.07) is 5.41. The van der Waals surface area contributed by atoms with Gasteiger partial charge in [-0.25, -0.2) is 0 Å². The van der Waals surface area contributed by atoms with Gasteiger partial charge in [0, 0.05) is 25.1 Å². The summed E-state index contributed by atoms with van der Waals surface area (Å²) in [7, 11) is 0. The minimum absolute atomic E-state index is 0.0890. The van der Waals surface area contributed by atoms with Crippen molar-refractivity contribution in [1.29, 1.82) is 0 Å². The Morgan fingerprint density at radius 2 is 1.86 bits per heavy atom. The third kappa shape index (κ3) is 3.36. The van der Waals surface area contributed by atoms with E-state index in [2.05, 4.69) is 16.0 Å². The fraction of sp³-hybridized carbons (Fsp3) is 0.591. The van der Waals surface area contributed by atoms with Crippen LogP contribution in [0.1, 0.15) is 47.2 Å². The zero-order valence-electron chi connectivity index (χ0n) is 16.6. The van der Waals surface area contributed by atoms with Gasteiger partial charge in [-0.2, -0.15) is 0 Å². The molecule has 1 aromatic rings. The van der Waals surface area contributed by atoms with Crippen LogP contribution in [0.3, 0.4) is 0 Å². The molecule has 3 heterocycles. The molecule has 29 heavy (non-hydrogen) atoms. The summed E-state index contributed by atoms with van der Waals surface area (Å²) in [5.41, 5.74) is 2.71. The maximum atomic E-state index is 13.1. The molecule has 0 radical (unpaired) electrons. The van der Waals surface area contributed by atoms with Crippen molar-refractivity contribution in [1.82, 2.24) is 20.9 Å². The number of carbonyl (C=O) groups is 3. The number of hydrogen-bond donors (Lipinski definition) is 3. The number of nitrogens with one attached hydrogen (secondary N) is 3. The Morgan fingerprint density at radius 3 is 2.62 bits per heavy atom. The summed E-state index contributed by atoms with van der Waals surface area (Å²) in [6.07, 6.45) is 3.33. The Hall–Kier alpha value is -2.25. The topological polar surface area (TPSA) is 90.5 Å². The van der Waals surface area contributed by atoms with Gasteiger partial charge in [0.05, 0.1) is 0 Å². The Morgan fingerprint density at radius 1 is 1.07 bits per heavy atom. The predicted molar refractivity (Wildman–Crippen MR) is 107 cm³/mol. The maximum absolute atomic E-state index is 13.1. The summed E-state index contributed by atoms with van der Waals surface area (Å²) in [5, 5.41) is 9.51. The van der Waals surface area contributed by atoms with E-state index in [9.17, 15) is 14.4 Å². The maximum Gasteiger partial charge on any atom is 0.255 e. The highest BCUT2D eigenvalue weighted by molar-refractivity contribution is 6.05. The Kier molecular flexibility index (Phi) is 4.87. The van der Waals surface area contributed by atoms with Crippen LogP contribution in [0.2, 0.25) is 0 Å². The zero-order chi connectivity index (χ0) is 20.0. The first-order chi connectivity index (χ1) is 14.1. The van der Waals surface area contributed by atoms with Crippen molar-refractivity contribution in [3.63, 3.8) is 0 Å². The van der Waals surface area contributed by atoms with Crippen molar-refractivity contribution in [3.8, 4) is 0 Å². The number of fused-ring (bicyclic) bond motifs is 3. The molecule has 2 bridgehead atoms. The van der Waals surface area contributed by atoms with Crippen molar-refractivity contribution < 1.29 is 14.4 Å². The molecule has 3 amide bonds. The molecule has 3 unspecified atom stereocenters. The van der Waals surface area contributed by atoms with Crippen molar-refractivity contribution in [2.75, 3.05) is 19.6 Å². The van der Waals surface area contributed by atoms with Crippen LogP contribution in [0, 0.1) is 17.8 Å². The van der Waals surface area contributed by atoms with Crippen LogP contribution in [0.25, 0.3) is 0 Å². The van der Waals surface area contributed by atoms with E-state index in [-0.39, 0.29) is 24.1 Å². The molecule has 3 fully saturated rings. The van der Waals surface area contributed by atoms with E-state index in [1.807, 2.05) is 18.2 Å². The second-order valence-electron chi connectivity index (χ2n) is 8.90. The van der Waals surface area contributed by atoms with Gasteiger partial charge in [0.15, 0.2) is 0 Å². The van der Waals surface area contributed by atoms with Crippen molar-refractivity contribution in [2.24, 2.45) is 17.8 Å². The van der Waals surface area contributed by atoms with E-state index in [1.54, 1.807) is 4.90 Å². The summed E-state index contributed by atoms with van der Waals surface area (Å²) >= 11 is 0. The smallest absolute Gasteiger partial charge is 0.255 e. The van der Waals surface area contributed by atoms with Crippen LogP contribution in [-0.2, 0) is 22.7 Å². The molecule has 1 aliphatic carbocycles. The highest BCUT2D eigenvalue weighted by atomic mass is 16.2. The molecule has 2 saturated heterocycles. The fourth-order valence-electron chi connectivity index (χ4n) is 5.75. The minimum Gasteiger partial charge on any atom is -0.322 e. The van der Waals surface area contributed by atoms with Crippen LogP contribution < -0.4 is 16.0 Å². The molecule has 3 aliphatic heterocycles. The third-order valence-corrected chi connectivity index (χ3v) is 7.27. The molecule has 0 spiro atoms. The summed E-state index contributed by atoms with van der Waals surface area (Å²) in [4.78, 5) is 38.5. The van der Waals surface area contributed by atoms with Gasteiger partial charge in [0.25, 0.3) is 5.91 Å². The van der Waals surface area contributed by atoms with Crippen LogP contribution in [0.5, 0.6) is 0 Å². The standard InChI is InChI=1S/C22H28N4O3/c27-19-7-6-18(21(28)25-19)26-12-16-3-1-2-15(20(16)22(26)29)10-24-11-17-13-4-5-14(17)9-23-8-13/h1-3,13-14,17-18,23-24H,4-12H2,(H,25,27,28).